The molecule has 0 bridgehead atoms. The van der Waals surface area contributed by atoms with Crippen molar-refractivity contribution in [3.8, 4) is 0 Å². The number of rotatable bonds is 2. The summed E-state index contributed by atoms with van der Waals surface area (Å²) < 4.78 is 4.73. The van der Waals surface area contributed by atoms with E-state index in [-0.39, 0.29) is 11.7 Å². The monoisotopic (exact) mass is 381 g/mol. The Morgan fingerprint density at radius 3 is 2.56 bits per heavy atom. The van der Waals surface area contributed by atoms with Crippen LogP contribution in [0.2, 0.25) is 10.0 Å². The number of anilines is 1. The summed E-state index contributed by atoms with van der Waals surface area (Å²) in [7, 11) is 1.27. The lowest BCUT2D eigenvalue weighted by molar-refractivity contribution is 0.0594. The number of aromatic nitrogens is 1. The molecule has 1 aliphatic rings. The second kappa shape index (κ2) is 7.45. The van der Waals surface area contributed by atoms with Crippen LogP contribution in [0.1, 0.15) is 29.8 Å². The van der Waals surface area contributed by atoms with Crippen LogP contribution in [0.4, 0.5) is 10.5 Å². The number of halogens is 2. The molecule has 2 amide bonds. The fourth-order valence-electron chi connectivity index (χ4n) is 2.88. The molecular formula is C17H17Cl2N3O3. The molecule has 1 aliphatic heterocycles. The first kappa shape index (κ1) is 17.8. The molecule has 6 nitrogen and oxygen atoms in total. The SMILES string of the molecule is COC(=O)c1cc(NC(=O)N2CCCCC2)c2c(Cl)cc(Cl)cc2n1. The lowest BCUT2D eigenvalue weighted by Crippen LogP contribution is -2.38. The topological polar surface area (TPSA) is 71.5 Å². The third-order valence-corrected chi connectivity index (χ3v) is 4.62. The highest BCUT2D eigenvalue weighted by atomic mass is 35.5. The number of benzene rings is 1. The minimum atomic E-state index is -0.605. The van der Waals surface area contributed by atoms with Gasteiger partial charge in [-0.25, -0.2) is 14.6 Å². The van der Waals surface area contributed by atoms with Crippen LogP contribution in [-0.2, 0) is 4.74 Å². The Morgan fingerprint density at radius 2 is 1.88 bits per heavy atom. The smallest absolute Gasteiger partial charge is 0.356 e. The number of methoxy groups -OCH3 is 1. The molecule has 1 fully saturated rings. The summed E-state index contributed by atoms with van der Waals surface area (Å²) in [6, 6.07) is 4.40. The number of piperidine rings is 1. The maximum absolute atomic E-state index is 12.5. The summed E-state index contributed by atoms with van der Waals surface area (Å²) in [6.07, 6.45) is 3.08. The van der Waals surface area contributed by atoms with Crippen LogP contribution in [-0.4, -0.2) is 42.1 Å². The lowest BCUT2D eigenvalue weighted by Gasteiger charge is -2.27. The van der Waals surface area contributed by atoms with Gasteiger partial charge in [0.2, 0.25) is 0 Å². The van der Waals surface area contributed by atoms with Crippen LogP contribution >= 0.6 is 23.2 Å². The maximum Gasteiger partial charge on any atom is 0.356 e. The largest absolute Gasteiger partial charge is 0.464 e. The zero-order valence-electron chi connectivity index (χ0n) is 13.6. The molecule has 2 aromatic rings. The molecule has 3 rings (SSSR count). The molecule has 0 radical (unpaired) electrons. The second-order valence-corrected chi connectivity index (χ2v) is 6.65. The fourth-order valence-corrected chi connectivity index (χ4v) is 3.47. The molecule has 0 atom stereocenters. The number of pyridine rings is 1. The van der Waals surface area contributed by atoms with Crippen molar-refractivity contribution in [2.75, 3.05) is 25.5 Å². The van der Waals surface area contributed by atoms with Gasteiger partial charge in [-0.05, 0) is 37.5 Å². The van der Waals surface area contributed by atoms with Crippen molar-refractivity contribution in [1.29, 1.82) is 0 Å². The van der Waals surface area contributed by atoms with Crippen LogP contribution in [0.3, 0.4) is 0 Å². The number of nitrogens with one attached hydrogen (secondary N) is 1. The van der Waals surface area contributed by atoms with Crippen molar-refractivity contribution in [3.05, 3.63) is 33.9 Å². The van der Waals surface area contributed by atoms with Gasteiger partial charge in [0.15, 0.2) is 5.69 Å². The number of amides is 2. The number of nitrogens with zero attached hydrogens (tertiary/aromatic N) is 2. The lowest BCUT2D eigenvalue weighted by atomic mass is 10.1. The molecule has 8 heteroatoms. The van der Waals surface area contributed by atoms with E-state index in [1.807, 2.05) is 0 Å². The Balaban J connectivity index is 2.04. The second-order valence-electron chi connectivity index (χ2n) is 5.81. The number of carbonyl (C=O) groups excluding carboxylic acids is 2. The van der Waals surface area contributed by atoms with E-state index in [0.29, 0.717) is 39.7 Å². The summed E-state index contributed by atoms with van der Waals surface area (Å²) in [4.78, 5) is 30.4. The Labute approximate surface area is 155 Å². The highest BCUT2D eigenvalue weighted by Gasteiger charge is 2.20. The number of ether oxygens (including phenoxy) is 1. The molecule has 2 heterocycles. The van der Waals surface area contributed by atoms with E-state index < -0.39 is 5.97 Å². The third-order valence-electron chi connectivity index (χ3n) is 4.10. The molecule has 1 aromatic carbocycles. The number of hydrogen-bond acceptors (Lipinski definition) is 4. The normalized spacial score (nSPS) is 14.4. The summed E-state index contributed by atoms with van der Waals surface area (Å²) in [5, 5.41) is 4.11. The van der Waals surface area contributed by atoms with Crippen LogP contribution in [0.15, 0.2) is 18.2 Å². The van der Waals surface area contributed by atoms with E-state index in [2.05, 4.69) is 10.3 Å². The van der Waals surface area contributed by atoms with Crippen molar-refractivity contribution >= 4 is 51.8 Å². The van der Waals surface area contributed by atoms with Crippen LogP contribution in [0.5, 0.6) is 0 Å². The molecule has 1 aromatic heterocycles. The van der Waals surface area contributed by atoms with E-state index in [4.69, 9.17) is 27.9 Å². The average Bonchev–Trinajstić information content (AvgIpc) is 2.60. The Bertz CT molecular complexity index is 835. The molecule has 1 N–H and O–H groups in total. The van der Waals surface area contributed by atoms with E-state index in [1.54, 1.807) is 17.0 Å². The van der Waals surface area contributed by atoms with Crippen molar-refractivity contribution in [2.45, 2.75) is 19.3 Å². The van der Waals surface area contributed by atoms with Gasteiger partial charge in [-0.2, -0.15) is 0 Å². The average molecular weight is 382 g/mol. The highest BCUT2D eigenvalue weighted by Crippen LogP contribution is 2.33. The number of carbonyl (C=O) groups is 2. The third kappa shape index (κ3) is 3.80. The van der Waals surface area contributed by atoms with Gasteiger partial charge >= 0.3 is 12.0 Å². The molecule has 25 heavy (non-hydrogen) atoms. The van der Waals surface area contributed by atoms with Crippen molar-refractivity contribution in [3.63, 3.8) is 0 Å². The molecule has 0 saturated carbocycles. The number of esters is 1. The molecule has 0 unspecified atom stereocenters. The van der Waals surface area contributed by atoms with Gasteiger partial charge in [0.1, 0.15) is 0 Å². The van der Waals surface area contributed by atoms with Gasteiger partial charge in [-0.15, -0.1) is 0 Å². The van der Waals surface area contributed by atoms with Gasteiger partial charge in [0, 0.05) is 23.5 Å². The summed E-state index contributed by atoms with van der Waals surface area (Å²) >= 11 is 12.3. The summed E-state index contributed by atoms with van der Waals surface area (Å²) in [5.41, 5.74) is 0.888. The first-order valence-electron chi connectivity index (χ1n) is 7.93. The van der Waals surface area contributed by atoms with Gasteiger partial charge in [0.05, 0.1) is 23.3 Å². The Hall–Kier alpha value is -2.05. The highest BCUT2D eigenvalue weighted by molar-refractivity contribution is 6.39. The van der Waals surface area contributed by atoms with Crippen molar-refractivity contribution in [2.24, 2.45) is 0 Å². The quantitative estimate of drug-likeness (QED) is 0.784. The van der Waals surface area contributed by atoms with Crippen LogP contribution in [0.25, 0.3) is 10.9 Å². The number of likely N-dealkylation sites (tertiary alicyclic amines) is 1. The number of fused-ring (bicyclic) bond motifs is 1. The molecule has 132 valence electrons. The fraction of sp³-hybridized carbons (Fsp3) is 0.353. The summed E-state index contributed by atoms with van der Waals surface area (Å²) in [5.74, 6) is -0.605. The molecular weight excluding hydrogens is 365 g/mol. The van der Waals surface area contributed by atoms with Crippen molar-refractivity contribution in [1.82, 2.24) is 9.88 Å². The minimum Gasteiger partial charge on any atom is -0.464 e. The first-order valence-corrected chi connectivity index (χ1v) is 8.69. The Morgan fingerprint density at radius 1 is 1.16 bits per heavy atom. The van der Waals surface area contributed by atoms with Crippen molar-refractivity contribution < 1.29 is 14.3 Å². The van der Waals surface area contributed by atoms with Gasteiger partial charge < -0.3 is 15.0 Å². The number of hydrogen-bond donors (Lipinski definition) is 1. The number of urea groups is 1. The minimum absolute atomic E-state index is 0.0716. The molecule has 1 saturated heterocycles. The molecule has 0 aliphatic carbocycles. The van der Waals surface area contributed by atoms with Crippen LogP contribution < -0.4 is 5.32 Å². The summed E-state index contributed by atoms with van der Waals surface area (Å²) in [6.45, 7) is 1.41. The predicted octanol–water partition coefficient (Wildman–Crippen LogP) is 4.35. The van der Waals surface area contributed by atoms with E-state index in [9.17, 15) is 9.59 Å². The van der Waals surface area contributed by atoms with E-state index in [1.165, 1.54) is 13.2 Å². The van der Waals surface area contributed by atoms with E-state index >= 15 is 0 Å². The van der Waals surface area contributed by atoms with Gasteiger partial charge in [-0.1, -0.05) is 23.2 Å². The zero-order valence-corrected chi connectivity index (χ0v) is 15.2. The van der Waals surface area contributed by atoms with Crippen LogP contribution in [0, 0.1) is 0 Å². The van der Waals surface area contributed by atoms with E-state index in [0.717, 1.165) is 19.3 Å². The standard InChI is InChI=1S/C17H17Cl2N3O3/c1-25-16(23)14-9-13(21-17(24)22-5-3-2-4-6-22)15-11(19)7-10(18)8-12(15)20-14/h7-9H,2-6H2,1H3,(H,20,21,24). The Kier molecular flexibility index (Phi) is 5.30. The van der Waals surface area contributed by atoms with Gasteiger partial charge in [0.25, 0.3) is 0 Å². The zero-order chi connectivity index (χ0) is 18.0. The maximum atomic E-state index is 12.5. The molecule has 0 spiro atoms. The first-order chi connectivity index (χ1) is 12.0. The predicted molar refractivity (Wildman–Crippen MR) is 97.5 cm³/mol. The van der Waals surface area contributed by atoms with Gasteiger partial charge in [-0.3, -0.25) is 0 Å².